The molecular formula is C19H29FN2. The molecule has 22 heavy (non-hydrogen) atoms. The minimum absolute atomic E-state index is 0.0676. The number of anilines is 1. The van der Waals surface area contributed by atoms with Crippen LogP contribution in [0.5, 0.6) is 0 Å². The van der Waals surface area contributed by atoms with E-state index in [0.717, 1.165) is 37.2 Å². The molecule has 122 valence electrons. The van der Waals surface area contributed by atoms with Gasteiger partial charge in [-0.15, -0.1) is 0 Å². The van der Waals surface area contributed by atoms with Crippen molar-refractivity contribution in [1.29, 1.82) is 0 Å². The molecule has 0 amide bonds. The fourth-order valence-corrected chi connectivity index (χ4v) is 3.26. The van der Waals surface area contributed by atoms with Crippen LogP contribution in [0.4, 0.5) is 10.1 Å². The Bertz CT molecular complexity index is 561. The number of nitrogens with zero attached hydrogens (tertiary/aromatic N) is 1. The maximum absolute atomic E-state index is 14.5. The van der Waals surface area contributed by atoms with Crippen LogP contribution in [0, 0.1) is 5.82 Å². The number of benzene rings is 1. The maximum Gasteiger partial charge on any atom is 0.129 e. The summed E-state index contributed by atoms with van der Waals surface area (Å²) >= 11 is 0. The third-order valence-electron chi connectivity index (χ3n) is 4.45. The first kappa shape index (κ1) is 17.0. The normalized spacial score (nSPS) is 16.5. The lowest BCUT2D eigenvalue weighted by atomic mass is 9.87. The quantitative estimate of drug-likeness (QED) is 0.817. The van der Waals surface area contributed by atoms with Crippen LogP contribution in [-0.4, -0.2) is 18.6 Å². The molecule has 0 saturated carbocycles. The Kier molecular flexibility index (Phi) is 5.28. The molecule has 0 atom stereocenters. The molecular weight excluding hydrogens is 275 g/mol. The molecule has 1 N–H and O–H groups in total. The van der Waals surface area contributed by atoms with Crippen LogP contribution in [0.1, 0.15) is 58.6 Å². The highest BCUT2D eigenvalue weighted by molar-refractivity contribution is 5.81. The standard InChI is InChI=1S/C19H29FN2/c1-6-8-9-22-18-11-17(20)15(13-21-7-2)10-16(18)14(3)12-19(22,4)5/h10-12,21H,6-9,13H2,1-5H3. The Morgan fingerprint density at radius 3 is 2.59 bits per heavy atom. The number of allylic oxidation sites excluding steroid dienone is 1. The maximum atomic E-state index is 14.5. The average molecular weight is 304 g/mol. The van der Waals surface area contributed by atoms with Crippen molar-refractivity contribution in [3.05, 3.63) is 35.2 Å². The van der Waals surface area contributed by atoms with Crippen molar-refractivity contribution in [3.8, 4) is 0 Å². The van der Waals surface area contributed by atoms with Crippen LogP contribution in [0.3, 0.4) is 0 Å². The van der Waals surface area contributed by atoms with Gasteiger partial charge in [0.1, 0.15) is 5.82 Å². The second-order valence-corrected chi connectivity index (χ2v) is 6.73. The number of hydrogen-bond donors (Lipinski definition) is 1. The molecule has 0 unspecified atom stereocenters. The summed E-state index contributed by atoms with van der Waals surface area (Å²) in [5, 5.41) is 3.22. The molecule has 0 spiro atoms. The Balaban J connectivity index is 2.45. The Hall–Kier alpha value is -1.35. The predicted molar refractivity (Wildman–Crippen MR) is 93.8 cm³/mol. The van der Waals surface area contributed by atoms with Crippen LogP contribution in [-0.2, 0) is 6.54 Å². The number of rotatable bonds is 6. The number of nitrogens with one attached hydrogen (secondary N) is 1. The highest BCUT2D eigenvalue weighted by atomic mass is 19.1. The van der Waals surface area contributed by atoms with E-state index < -0.39 is 0 Å². The molecule has 0 saturated heterocycles. The van der Waals surface area contributed by atoms with Crippen molar-refractivity contribution in [1.82, 2.24) is 5.32 Å². The summed E-state index contributed by atoms with van der Waals surface area (Å²) in [5.41, 5.74) is 4.14. The summed E-state index contributed by atoms with van der Waals surface area (Å²) in [5.74, 6) is -0.105. The minimum Gasteiger partial charge on any atom is -0.362 e. The van der Waals surface area contributed by atoms with Gasteiger partial charge in [0.25, 0.3) is 0 Å². The first-order valence-electron chi connectivity index (χ1n) is 8.41. The second-order valence-electron chi connectivity index (χ2n) is 6.73. The molecule has 1 heterocycles. The van der Waals surface area contributed by atoms with Crippen molar-refractivity contribution in [2.75, 3.05) is 18.0 Å². The average Bonchev–Trinajstić information content (AvgIpc) is 2.44. The highest BCUT2D eigenvalue weighted by Crippen LogP contribution is 2.40. The molecule has 0 fully saturated rings. The fourth-order valence-electron chi connectivity index (χ4n) is 3.26. The molecule has 2 nitrogen and oxygen atoms in total. The molecule has 2 rings (SSSR count). The van der Waals surface area contributed by atoms with Gasteiger partial charge in [-0.05, 0) is 51.4 Å². The third kappa shape index (κ3) is 3.35. The van der Waals surface area contributed by atoms with E-state index in [9.17, 15) is 4.39 Å². The first-order valence-corrected chi connectivity index (χ1v) is 8.41. The summed E-state index contributed by atoms with van der Waals surface area (Å²) in [6.45, 7) is 13.2. The van der Waals surface area contributed by atoms with Crippen molar-refractivity contribution >= 4 is 11.3 Å². The van der Waals surface area contributed by atoms with Crippen LogP contribution in [0.2, 0.25) is 0 Å². The predicted octanol–water partition coefficient (Wildman–Crippen LogP) is 4.74. The van der Waals surface area contributed by atoms with E-state index in [-0.39, 0.29) is 11.4 Å². The molecule has 3 heteroatoms. The molecule has 1 aliphatic rings. The van der Waals surface area contributed by atoms with E-state index >= 15 is 0 Å². The smallest absolute Gasteiger partial charge is 0.129 e. The van der Waals surface area contributed by atoms with Gasteiger partial charge in [-0.25, -0.2) is 4.39 Å². The summed E-state index contributed by atoms with van der Waals surface area (Å²) in [7, 11) is 0. The van der Waals surface area contributed by atoms with Crippen molar-refractivity contribution < 1.29 is 4.39 Å². The van der Waals surface area contributed by atoms with Gasteiger partial charge in [-0.2, -0.15) is 0 Å². The topological polar surface area (TPSA) is 15.3 Å². The summed E-state index contributed by atoms with van der Waals surface area (Å²) in [4.78, 5) is 2.35. The van der Waals surface area contributed by atoms with Gasteiger partial charge < -0.3 is 10.2 Å². The van der Waals surface area contributed by atoms with Gasteiger partial charge in [0, 0.05) is 29.9 Å². The van der Waals surface area contributed by atoms with Crippen molar-refractivity contribution in [3.63, 3.8) is 0 Å². The zero-order valence-corrected chi connectivity index (χ0v) is 14.6. The largest absolute Gasteiger partial charge is 0.362 e. The van der Waals surface area contributed by atoms with E-state index in [4.69, 9.17) is 0 Å². The SMILES string of the molecule is CCCCN1c2cc(F)c(CNCC)cc2C(C)=CC1(C)C. The van der Waals surface area contributed by atoms with E-state index in [1.807, 2.05) is 13.0 Å². The van der Waals surface area contributed by atoms with Gasteiger partial charge in [0.15, 0.2) is 0 Å². The van der Waals surface area contributed by atoms with Gasteiger partial charge in [-0.3, -0.25) is 0 Å². The Labute approximate surface area is 134 Å². The van der Waals surface area contributed by atoms with Crippen LogP contribution < -0.4 is 10.2 Å². The zero-order valence-electron chi connectivity index (χ0n) is 14.6. The lowest BCUT2D eigenvalue weighted by Crippen LogP contribution is -2.45. The molecule has 0 aliphatic carbocycles. The fraction of sp³-hybridized carbons (Fsp3) is 0.579. The van der Waals surface area contributed by atoms with E-state index in [1.54, 1.807) is 6.07 Å². The van der Waals surface area contributed by atoms with Gasteiger partial charge in [0.05, 0.1) is 5.54 Å². The second kappa shape index (κ2) is 6.82. The summed E-state index contributed by atoms with van der Waals surface area (Å²) < 4.78 is 14.5. The third-order valence-corrected chi connectivity index (χ3v) is 4.45. The van der Waals surface area contributed by atoms with Crippen LogP contribution >= 0.6 is 0 Å². The highest BCUT2D eigenvalue weighted by Gasteiger charge is 2.31. The minimum atomic E-state index is -0.105. The van der Waals surface area contributed by atoms with Crippen molar-refractivity contribution in [2.45, 2.75) is 59.5 Å². The molecule has 1 aromatic carbocycles. The first-order chi connectivity index (χ1) is 10.4. The molecule has 0 bridgehead atoms. The Morgan fingerprint density at radius 1 is 1.23 bits per heavy atom. The lowest BCUT2D eigenvalue weighted by molar-refractivity contribution is 0.535. The number of unbranched alkanes of at least 4 members (excludes halogenated alkanes) is 1. The van der Waals surface area contributed by atoms with Gasteiger partial charge >= 0.3 is 0 Å². The molecule has 0 radical (unpaired) electrons. The van der Waals surface area contributed by atoms with E-state index in [0.29, 0.717) is 6.54 Å². The molecule has 0 aromatic heterocycles. The number of fused-ring (bicyclic) bond motifs is 1. The zero-order chi connectivity index (χ0) is 16.3. The number of halogens is 1. The van der Waals surface area contributed by atoms with E-state index in [1.165, 1.54) is 11.1 Å². The summed E-state index contributed by atoms with van der Waals surface area (Å²) in [6.07, 6.45) is 4.57. The van der Waals surface area contributed by atoms with Gasteiger partial charge in [-0.1, -0.05) is 26.3 Å². The van der Waals surface area contributed by atoms with Crippen LogP contribution in [0.25, 0.3) is 5.57 Å². The van der Waals surface area contributed by atoms with Crippen LogP contribution in [0.15, 0.2) is 18.2 Å². The Morgan fingerprint density at radius 2 is 1.95 bits per heavy atom. The van der Waals surface area contributed by atoms with Gasteiger partial charge in [0.2, 0.25) is 0 Å². The molecule has 1 aromatic rings. The monoisotopic (exact) mass is 304 g/mol. The summed E-state index contributed by atoms with van der Waals surface area (Å²) in [6, 6.07) is 3.75. The van der Waals surface area contributed by atoms with Crippen molar-refractivity contribution in [2.24, 2.45) is 0 Å². The lowest BCUT2D eigenvalue weighted by Gasteiger charge is -2.43. The van der Waals surface area contributed by atoms with E-state index in [2.05, 4.69) is 44.0 Å². The molecule has 1 aliphatic heterocycles. The number of hydrogen-bond acceptors (Lipinski definition) is 2.